The molecule has 2 amide bonds. The number of hydrogen-bond donors (Lipinski definition) is 2. The summed E-state index contributed by atoms with van der Waals surface area (Å²) in [6, 6.07) is 10.4. The topological polar surface area (TPSA) is 76.7 Å². The molecule has 0 heterocycles. The normalized spacial score (nSPS) is 10.2. The van der Waals surface area contributed by atoms with Crippen LogP contribution in [-0.4, -0.2) is 25.0 Å². The van der Waals surface area contributed by atoms with Crippen molar-refractivity contribution < 1.29 is 19.1 Å². The molecule has 0 aliphatic heterocycles. The lowest BCUT2D eigenvalue weighted by Crippen LogP contribution is -2.45. The highest BCUT2D eigenvalue weighted by atomic mass is 79.9. The lowest BCUT2D eigenvalue weighted by atomic mass is 10.1. The largest absolute Gasteiger partial charge is 0.484 e. The number of rotatable bonds is 6. The maximum atomic E-state index is 11.8. The first-order valence-corrected chi connectivity index (χ1v) is 8.88. The van der Waals surface area contributed by atoms with E-state index >= 15 is 0 Å². The van der Waals surface area contributed by atoms with E-state index in [1.807, 2.05) is 26.0 Å². The van der Waals surface area contributed by atoms with Crippen LogP contribution >= 0.6 is 27.5 Å². The number of halogens is 2. The number of hydrazine groups is 1. The van der Waals surface area contributed by atoms with E-state index in [0.29, 0.717) is 16.5 Å². The summed E-state index contributed by atoms with van der Waals surface area (Å²) in [6.45, 7) is 3.32. The Hall–Kier alpha value is -2.25. The number of amides is 2. The maximum absolute atomic E-state index is 11.8. The third kappa shape index (κ3) is 6.24. The molecule has 6 nitrogen and oxygen atoms in total. The average Bonchev–Trinajstić information content (AvgIpc) is 2.58. The minimum absolute atomic E-state index is 0.221. The number of carbonyl (C=O) groups excluding carboxylic acids is 2. The molecule has 2 aromatic carbocycles. The van der Waals surface area contributed by atoms with E-state index in [-0.39, 0.29) is 13.2 Å². The number of benzene rings is 2. The molecule has 2 aromatic rings. The third-order valence-electron chi connectivity index (χ3n) is 3.30. The summed E-state index contributed by atoms with van der Waals surface area (Å²) in [5.74, 6) is 0.164. The molecule has 2 rings (SSSR count). The van der Waals surface area contributed by atoms with Crippen LogP contribution < -0.4 is 20.3 Å². The molecule has 26 heavy (non-hydrogen) atoms. The molecule has 0 aromatic heterocycles. The molecule has 0 bridgehead atoms. The Morgan fingerprint density at radius 1 is 0.962 bits per heavy atom. The van der Waals surface area contributed by atoms with Crippen molar-refractivity contribution in [3.05, 3.63) is 57.0 Å². The van der Waals surface area contributed by atoms with Crippen LogP contribution in [0.4, 0.5) is 0 Å². The van der Waals surface area contributed by atoms with Crippen LogP contribution in [-0.2, 0) is 9.59 Å². The van der Waals surface area contributed by atoms with Crippen LogP contribution in [0.1, 0.15) is 11.1 Å². The van der Waals surface area contributed by atoms with Gasteiger partial charge >= 0.3 is 0 Å². The molecule has 0 radical (unpaired) electrons. The fraction of sp³-hybridized carbons (Fsp3) is 0.222. The number of ether oxygens (including phenoxy) is 2. The predicted octanol–water partition coefficient (Wildman–Crippen LogP) is 3.32. The Morgan fingerprint density at radius 2 is 1.46 bits per heavy atom. The fourth-order valence-electron chi connectivity index (χ4n) is 2.15. The molecule has 0 saturated carbocycles. The van der Waals surface area contributed by atoms with E-state index < -0.39 is 11.8 Å². The Morgan fingerprint density at radius 3 is 2.00 bits per heavy atom. The lowest BCUT2D eigenvalue weighted by Gasteiger charge is -2.13. The second-order valence-corrected chi connectivity index (χ2v) is 6.85. The van der Waals surface area contributed by atoms with E-state index in [1.54, 1.807) is 24.3 Å². The third-order valence-corrected chi connectivity index (χ3v) is 4.01. The minimum atomic E-state index is -0.496. The van der Waals surface area contributed by atoms with Crippen LogP contribution in [0.2, 0.25) is 5.02 Å². The first-order chi connectivity index (χ1) is 12.3. The summed E-state index contributed by atoms with van der Waals surface area (Å²) in [7, 11) is 0. The van der Waals surface area contributed by atoms with E-state index in [4.69, 9.17) is 21.1 Å². The first kappa shape index (κ1) is 20.1. The van der Waals surface area contributed by atoms with Crippen LogP contribution in [0.15, 0.2) is 40.9 Å². The molecule has 138 valence electrons. The zero-order chi connectivity index (χ0) is 19.1. The van der Waals surface area contributed by atoms with Gasteiger partial charge in [-0.2, -0.15) is 0 Å². The predicted molar refractivity (Wildman–Crippen MR) is 102 cm³/mol. The minimum Gasteiger partial charge on any atom is -0.484 e. The van der Waals surface area contributed by atoms with E-state index in [9.17, 15) is 9.59 Å². The van der Waals surface area contributed by atoms with Crippen molar-refractivity contribution in [1.29, 1.82) is 0 Å². The fourth-order valence-corrected chi connectivity index (χ4v) is 2.97. The van der Waals surface area contributed by atoms with Gasteiger partial charge < -0.3 is 9.47 Å². The standard InChI is InChI=1S/C18H18BrClN2O4/c1-11-7-13(19)8-12(2)18(11)26-10-17(24)22-21-16(23)9-25-15-5-3-14(20)4-6-15/h3-8H,9-10H2,1-2H3,(H,21,23)(H,22,24). The molecule has 0 fully saturated rings. The molecule has 8 heteroatoms. The van der Waals surface area contributed by atoms with Crippen molar-refractivity contribution in [2.45, 2.75) is 13.8 Å². The summed E-state index contributed by atoms with van der Waals surface area (Å²) < 4.78 is 11.7. The van der Waals surface area contributed by atoms with E-state index in [2.05, 4.69) is 26.8 Å². The highest BCUT2D eigenvalue weighted by Crippen LogP contribution is 2.27. The van der Waals surface area contributed by atoms with Gasteiger partial charge in [-0.05, 0) is 61.4 Å². The van der Waals surface area contributed by atoms with Crippen molar-refractivity contribution in [1.82, 2.24) is 10.9 Å². The summed E-state index contributed by atoms with van der Waals surface area (Å²) in [4.78, 5) is 23.5. The highest BCUT2D eigenvalue weighted by Gasteiger charge is 2.10. The summed E-state index contributed by atoms with van der Waals surface area (Å²) >= 11 is 9.17. The second kappa shape index (κ2) is 9.45. The van der Waals surface area contributed by atoms with Gasteiger partial charge in [0.05, 0.1) is 0 Å². The number of carbonyl (C=O) groups is 2. The summed E-state index contributed by atoms with van der Waals surface area (Å²) in [5, 5.41) is 0.574. The smallest absolute Gasteiger partial charge is 0.276 e. The summed E-state index contributed by atoms with van der Waals surface area (Å²) in [6.07, 6.45) is 0. The number of nitrogens with one attached hydrogen (secondary N) is 2. The van der Waals surface area contributed by atoms with E-state index in [0.717, 1.165) is 15.6 Å². The second-order valence-electron chi connectivity index (χ2n) is 5.50. The molecular formula is C18H18BrClN2O4. The quantitative estimate of drug-likeness (QED) is 0.674. The molecule has 0 atom stereocenters. The van der Waals surface area contributed by atoms with Gasteiger partial charge in [0.15, 0.2) is 13.2 Å². The van der Waals surface area contributed by atoms with Gasteiger partial charge in [0.25, 0.3) is 11.8 Å². The highest BCUT2D eigenvalue weighted by molar-refractivity contribution is 9.10. The first-order valence-electron chi connectivity index (χ1n) is 7.70. The van der Waals surface area contributed by atoms with Crippen molar-refractivity contribution in [2.75, 3.05) is 13.2 Å². The monoisotopic (exact) mass is 440 g/mol. The Kier molecular flexibility index (Phi) is 7.29. The van der Waals surface area contributed by atoms with Gasteiger partial charge in [0.1, 0.15) is 11.5 Å². The molecule has 0 spiro atoms. The van der Waals surface area contributed by atoms with Crippen molar-refractivity contribution in [2.24, 2.45) is 0 Å². The van der Waals surface area contributed by atoms with Crippen molar-refractivity contribution in [3.8, 4) is 11.5 Å². The van der Waals surface area contributed by atoms with Crippen LogP contribution in [0, 0.1) is 13.8 Å². The van der Waals surface area contributed by atoms with Gasteiger partial charge in [-0.3, -0.25) is 20.4 Å². The van der Waals surface area contributed by atoms with Gasteiger partial charge in [-0.1, -0.05) is 27.5 Å². The molecule has 0 aliphatic carbocycles. The molecule has 0 saturated heterocycles. The number of hydrogen-bond acceptors (Lipinski definition) is 4. The van der Waals surface area contributed by atoms with Crippen LogP contribution in [0.3, 0.4) is 0 Å². The van der Waals surface area contributed by atoms with Crippen LogP contribution in [0.25, 0.3) is 0 Å². The average molecular weight is 442 g/mol. The zero-order valence-corrected chi connectivity index (χ0v) is 16.6. The SMILES string of the molecule is Cc1cc(Br)cc(C)c1OCC(=O)NNC(=O)COc1ccc(Cl)cc1. The van der Waals surface area contributed by atoms with E-state index in [1.165, 1.54) is 0 Å². The Bertz CT molecular complexity index is 773. The number of aryl methyl sites for hydroxylation is 2. The van der Waals surface area contributed by atoms with Crippen LogP contribution in [0.5, 0.6) is 11.5 Å². The molecule has 0 aliphatic rings. The van der Waals surface area contributed by atoms with Crippen molar-refractivity contribution in [3.63, 3.8) is 0 Å². The van der Waals surface area contributed by atoms with Gasteiger partial charge in [0, 0.05) is 9.50 Å². The summed E-state index contributed by atoms with van der Waals surface area (Å²) in [5.41, 5.74) is 6.35. The Labute approximate surface area is 164 Å². The Balaban J connectivity index is 1.73. The molecule has 0 unspecified atom stereocenters. The maximum Gasteiger partial charge on any atom is 0.276 e. The van der Waals surface area contributed by atoms with Gasteiger partial charge in [-0.15, -0.1) is 0 Å². The molecular weight excluding hydrogens is 424 g/mol. The van der Waals surface area contributed by atoms with Crippen molar-refractivity contribution >= 4 is 39.3 Å². The van der Waals surface area contributed by atoms with Gasteiger partial charge in [-0.25, -0.2) is 0 Å². The zero-order valence-electron chi connectivity index (χ0n) is 14.3. The lowest BCUT2D eigenvalue weighted by molar-refractivity contribution is -0.131. The molecule has 2 N–H and O–H groups in total. The van der Waals surface area contributed by atoms with Gasteiger partial charge in [0.2, 0.25) is 0 Å².